The molecular formula is C16H13N3O2S. The third-order valence-corrected chi connectivity index (χ3v) is 4.47. The van der Waals surface area contributed by atoms with Gasteiger partial charge in [0.15, 0.2) is 5.52 Å². The molecule has 22 heavy (non-hydrogen) atoms. The van der Waals surface area contributed by atoms with Gasteiger partial charge in [-0.3, -0.25) is 0 Å². The molecule has 0 saturated heterocycles. The first-order chi connectivity index (χ1) is 10.7. The number of thioether (sulfide) groups is 1. The van der Waals surface area contributed by atoms with Crippen LogP contribution in [0.25, 0.3) is 10.9 Å². The maximum Gasteiger partial charge on any atom is 0.388 e. The molecule has 3 aromatic rings. The van der Waals surface area contributed by atoms with Crippen molar-refractivity contribution in [2.45, 2.75) is 10.6 Å². The summed E-state index contributed by atoms with van der Waals surface area (Å²) in [5.74, 6) is 0.408. The normalized spacial score (nSPS) is 10.7. The number of benzene rings is 2. The zero-order valence-corrected chi connectivity index (χ0v) is 12.4. The Bertz CT molecular complexity index is 837. The first-order valence-corrected chi connectivity index (χ1v) is 7.64. The van der Waals surface area contributed by atoms with E-state index in [0.29, 0.717) is 16.2 Å². The Kier molecular flexibility index (Phi) is 3.93. The number of hydrogen-bond acceptors (Lipinski definition) is 5. The molecule has 0 atom stereocenters. The fourth-order valence-corrected chi connectivity index (χ4v) is 3.29. The van der Waals surface area contributed by atoms with E-state index in [1.54, 1.807) is 12.1 Å². The van der Waals surface area contributed by atoms with E-state index in [2.05, 4.69) is 4.98 Å². The molecule has 0 spiro atoms. The van der Waals surface area contributed by atoms with Gasteiger partial charge in [-0.2, -0.15) is 0 Å². The molecule has 0 unspecified atom stereocenters. The van der Waals surface area contributed by atoms with Gasteiger partial charge in [0.1, 0.15) is 5.69 Å². The molecule has 0 aliphatic rings. The molecule has 0 amide bonds. The number of nitrogen functional groups attached to an aromatic ring is 1. The summed E-state index contributed by atoms with van der Waals surface area (Å²) in [5, 5.41) is 12.0. The van der Waals surface area contributed by atoms with Crippen LogP contribution in [0.4, 0.5) is 11.5 Å². The van der Waals surface area contributed by atoms with Crippen LogP contribution in [0.5, 0.6) is 0 Å². The summed E-state index contributed by atoms with van der Waals surface area (Å²) >= 11 is 1.49. The quantitative estimate of drug-likeness (QED) is 0.447. The van der Waals surface area contributed by atoms with Crippen LogP contribution < -0.4 is 5.73 Å². The smallest absolute Gasteiger partial charge is 0.388 e. The van der Waals surface area contributed by atoms with Gasteiger partial charge in [0, 0.05) is 11.1 Å². The predicted molar refractivity (Wildman–Crippen MR) is 88.8 cm³/mol. The van der Waals surface area contributed by atoms with Gasteiger partial charge in [-0.25, -0.2) is 0 Å². The van der Waals surface area contributed by atoms with E-state index < -0.39 is 4.92 Å². The molecule has 0 aliphatic heterocycles. The van der Waals surface area contributed by atoms with Crippen molar-refractivity contribution < 1.29 is 4.92 Å². The minimum Gasteiger partial charge on any atom is -0.391 e. The highest BCUT2D eigenvalue weighted by molar-refractivity contribution is 7.99. The number of aromatic nitrogens is 1. The molecule has 0 saturated carbocycles. The Morgan fingerprint density at radius 3 is 2.50 bits per heavy atom. The molecule has 6 heteroatoms. The number of para-hydroxylation sites is 1. The molecule has 0 radical (unpaired) electrons. The van der Waals surface area contributed by atoms with E-state index in [0.717, 1.165) is 10.9 Å². The Hall–Kier alpha value is -2.60. The molecule has 1 heterocycles. The molecular weight excluding hydrogens is 298 g/mol. The second kappa shape index (κ2) is 6.03. The minimum atomic E-state index is -0.533. The SMILES string of the molecule is Nc1c([N+](=O)[O-])nc2ccccc2c1SCc1ccccc1. The van der Waals surface area contributed by atoms with Gasteiger partial charge >= 0.3 is 5.82 Å². The van der Waals surface area contributed by atoms with Crippen LogP contribution in [0.2, 0.25) is 0 Å². The monoisotopic (exact) mass is 311 g/mol. The fourth-order valence-electron chi connectivity index (χ4n) is 2.21. The molecule has 2 N–H and O–H groups in total. The van der Waals surface area contributed by atoms with Crippen LogP contribution in [0.15, 0.2) is 59.5 Å². The Balaban J connectivity index is 2.06. The average Bonchev–Trinajstić information content (AvgIpc) is 2.54. The van der Waals surface area contributed by atoms with Crippen LogP contribution in [-0.4, -0.2) is 9.91 Å². The highest BCUT2D eigenvalue weighted by Crippen LogP contribution is 2.38. The third kappa shape index (κ3) is 2.73. The predicted octanol–water partition coefficient (Wildman–Crippen LogP) is 4.02. The first-order valence-electron chi connectivity index (χ1n) is 6.66. The number of nitrogens with zero attached hydrogens (tertiary/aromatic N) is 2. The molecule has 3 rings (SSSR count). The van der Waals surface area contributed by atoms with Crippen molar-refractivity contribution in [3.63, 3.8) is 0 Å². The van der Waals surface area contributed by atoms with E-state index >= 15 is 0 Å². The lowest BCUT2D eigenvalue weighted by Crippen LogP contribution is -2.01. The van der Waals surface area contributed by atoms with Crippen molar-refractivity contribution in [1.29, 1.82) is 0 Å². The van der Waals surface area contributed by atoms with Crippen LogP contribution in [0, 0.1) is 10.1 Å². The van der Waals surface area contributed by atoms with Gasteiger partial charge in [-0.15, -0.1) is 11.8 Å². The van der Waals surface area contributed by atoms with E-state index in [1.165, 1.54) is 11.8 Å². The number of hydrogen-bond donors (Lipinski definition) is 1. The summed E-state index contributed by atoms with van der Waals surface area (Å²) in [6, 6.07) is 17.2. The Labute approximate surface area is 131 Å². The van der Waals surface area contributed by atoms with Crippen molar-refractivity contribution in [2.75, 3.05) is 5.73 Å². The standard InChI is InChI=1S/C16H13N3O2S/c17-14-15(22-10-11-6-2-1-3-7-11)12-8-4-5-9-13(12)18-16(14)19(20)21/h1-9H,10,17H2. The van der Waals surface area contributed by atoms with Crippen molar-refractivity contribution in [3.05, 3.63) is 70.3 Å². The largest absolute Gasteiger partial charge is 0.391 e. The molecule has 0 aliphatic carbocycles. The van der Waals surface area contributed by atoms with Gasteiger partial charge < -0.3 is 15.8 Å². The Morgan fingerprint density at radius 2 is 1.77 bits per heavy atom. The first kappa shape index (κ1) is 14.3. The zero-order chi connectivity index (χ0) is 15.5. The number of nitro groups is 1. The fraction of sp³-hybridized carbons (Fsp3) is 0.0625. The van der Waals surface area contributed by atoms with Crippen LogP contribution in [-0.2, 0) is 5.75 Å². The van der Waals surface area contributed by atoms with E-state index in [-0.39, 0.29) is 11.5 Å². The lowest BCUT2D eigenvalue weighted by atomic mass is 10.2. The topological polar surface area (TPSA) is 82.0 Å². The third-order valence-electron chi connectivity index (χ3n) is 3.26. The van der Waals surface area contributed by atoms with Crippen LogP contribution >= 0.6 is 11.8 Å². The van der Waals surface area contributed by atoms with Crippen molar-refractivity contribution in [1.82, 2.24) is 4.98 Å². The number of pyridine rings is 1. The highest BCUT2D eigenvalue weighted by atomic mass is 32.2. The van der Waals surface area contributed by atoms with Crippen molar-refractivity contribution >= 4 is 34.2 Å². The van der Waals surface area contributed by atoms with E-state index in [1.807, 2.05) is 42.5 Å². The molecule has 0 bridgehead atoms. The van der Waals surface area contributed by atoms with Crippen molar-refractivity contribution in [2.24, 2.45) is 0 Å². The molecule has 110 valence electrons. The lowest BCUT2D eigenvalue weighted by molar-refractivity contribution is -0.388. The van der Waals surface area contributed by atoms with Gasteiger partial charge in [-0.05, 0) is 27.6 Å². The van der Waals surface area contributed by atoms with Gasteiger partial charge in [-0.1, -0.05) is 42.5 Å². The van der Waals surface area contributed by atoms with Gasteiger partial charge in [0.25, 0.3) is 0 Å². The van der Waals surface area contributed by atoms with Crippen molar-refractivity contribution in [3.8, 4) is 0 Å². The highest BCUT2D eigenvalue weighted by Gasteiger charge is 2.21. The van der Waals surface area contributed by atoms with Crippen LogP contribution in [0.1, 0.15) is 5.56 Å². The summed E-state index contributed by atoms with van der Waals surface area (Å²) in [6.45, 7) is 0. The maximum absolute atomic E-state index is 11.1. The zero-order valence-electron chi connectivity index (χ0n) is 11.6. The molecule has 5 nitrogen and oxygen atoms in total. The number of anilines is 1. The molecule has 2 aromatic carbocycles. The minimum absolute atomic E-state index is 0.129. The number of nitrogens with two attached hydrogens (primary N) is 1. The van der Waals surface area contributed by atoms with E-state index in [4.69, 9.17) is 5.73 Å². The second-order valence-electron chi connectivity index (χ2n) is 4.73. The summed E-state index contributed by atoms with van der Waals surface area (Å²) in [4.78, 5) is 15.4. The summed E-state index contributed by atoms with van der Waals surface area (Å²) in [6.07, 6.45) is 0. The van der Waals surface area contributed by atoms with Crippen LogP contribution in [0.3, 0.4) is 0 Å². The van der Waals surface area contributed by atoms with Gasteiger partial charge in [0.05, 0.1) is 4.90 Å². The van der Waals surface area contributed by atoms with Gasteiger partial charge in [0.2, 0.25) is 0 Å². The van der Waals surface area contributed by atoms with E-state index in [9.17, 15) is 10.1 Å². The molecule has 0 fully saturated rings. The molecule has 1 aromatic heterocycles. The number of rotatable bonds is 4. The lowest BCUT2D eigenvalue weighted by Gasteiger charge is -2.08. The maximum atomic E-state index is 11.1. The average molecular weight is 311 g/mol. The summed E-state index contributed by atoms with van der Waals surface area (Å²) < 4.78 is 0. The second-order valence-corrected chi connectivity index (χ2v) is 5.71. The number of fused-ring (bicyclic) bond motifs is 1. The summed E-state index contributed by atoms with van der Waals surface area (Å²) in [7, 11) is 0. The summed E-state index contributed by atoms with van der Waals surface area (Å²) in [5.41, 5.74) is 7.84. The Morgan fingerprint density at radius 1 is 1.09 bits per heavy atom.